The quantitative estimate of drug-likeness (QED) is 0.102. The summed E-state index contributed by atoms with van der Waals surface area (Å²) in [4.78, 5) is 65.4. The number of hydrogen-bond acceptors (Lipinski definition) is 10. The second kappa shape index (κ2) is 21.2. The van der Waals surface area contributed by atoms with Crippen LogP contribution >= 0.6 is 11.3 Å². The maximum Gasteiger partial charge on any atom is 0.246 e. The molecule has 0 bridgehead atoms. The standard InChI is InChI=1S/C47H56F2N6O6S/c1-30(50-2)44(57)53-42(33-17-10-5-11-18-33)46(59)55-22-12-19-38(55)39(56)27-35(40(31-13-6-3-7-14-31)32-15-8-4-9-16-32)45(58)51-29-61-43-34(20-21-36(48)41(43)49)37-28-62-47(52-37)54-23-25-60-26-24-54/h3-4,6-9,13-16,20-21,28,30,33,35,38,40,42,50H,5,10-12,17-19,22-27,29H2,1-2H3,(H,51,58)(H,53,57)/t30-,35-,38-,42-/m0/s1. The van der Waals surface area contributed by atoms with E-state index in [9.17, 15) is 23.6 Å². The topological polar surface area (TPSA) is 142 Å². The molecule has 2 aliphatic heterocycles. The number of carbonyl (C=O) groups excluding carboxylic acids is 4. The number of amides is 3. The summed E-state index contributed by atoms with van der Waals surface area (Å²) >= 11 is 1.37. The normalized spacial score (nSPS) is 18.6. The van der Waals surface area contributed by atoms with E-state index in [4.69, 9.17) is 14.5 Å². The zero-order valence-corrected chi connectivity index (χ0v) is 36.1. The molecule has 330 valence electrons. The number of nitrogens with zero attached hydrogens (tertiary/aromatic N) is 3. The predicted molar refractivity (Wildman–Crippen MR) is 234 cm³/mol. The van der Waals surface area contributed by atoms with Crippen LogP contribution in [0.25, 0.3) is 11.3 Å². The summed E-state index contributed by atoms with van der Waals surface area (Å²) in [5.74, 6) is -5.74. The third-order valence-corrected chi connectivity index (χ3v) is 13.4. The molecule has 7 rings (SSSR count). The largest absolute Gasteiger partial charge is 0.469 e. The van der Waals surface area contributed by atoms with E-state index in [2.05, 4.69) is 20.9 Å². The molecular formula is C47H56F2N6O6S. The molecule has 0 unspecified atom stereocenters. The van der Waals surface area contributed by atoms with Crippen LogP contribution in [0.2, 0.25) is 0 Å². The van der Waals surface area contributed by atoms with Gasteiger partial charge in [0.15, 0.2) is 29.2 Å². The lowest BCUT2D eigenvalue weighted by molar-refractivity contribution is -0.143. The van der Waals surface area contributed by atoms with Crippen molar-refractivity contribution in [3.8, 4) is 17.0 Å². The van der Waals surface area contributed by atoms with Gasteiger partial charge in [0.25, 0.3) is 0 Å². The number of morpholine rings is 1. The van der Waals surface area contributed by atoms with Crippen LogP contribution in [0, 0.1) is 23.5 Å². The SMILES string of the molecule is CN[C@@H](C)C(=O)N[C@H](C(=O)N1CCC[C@H]1C(=O)C[C@H](C(=O)NCOc1c(-c2csc(N3CCOCC3)n2)ccc(F)c1F)C(c1ccccc1)c1ccccc1)C1CCCCC1. The highest BCUT2D eigenvalue weighted by Gasteiger charge is 2.43. The number of benzene rings is 3. The summed E-state index contributed by atoms with van der Waals surface area (Å²) in [6.45, 7) is 3.99. The first-order valence-corrected chi connectivity index (χ1v) is 22.6. The van der Waals surface area contributed by atoms with Gasteiger partial charge < -0.3 is 35.2 Å². The van der Waals surface area contributed by atoms with E-state index in [1.54, 1.807) is 24.3 Å². The minimum absolute atomic E-state index is 0.0505. The van der Waals surface area contributed by atoms with Gasteiger partial charge in [-0.2, -0.15) is 4.39 Å². The van der Waals surface area contributed by atoms with Crippen LogP contribution < -0.4 is 25.6 Å². The summed E-state index contributed by atoms with van der Waals surface area (Å²) in [6.07, 6.45) is 5.39. The van der Waals surface area contributed by atoms with Gasteiger partial charge in [-0.25, -0.2) is 9.37 Å². The monoisotopic (exact) mass is 870 g/mol. The molecule has 4 aromatic rings. The summed E-state index contributed by atoms with van der Waals surface area (Å²) < 4.78 is 41.6. The maximum atomic E-state index is 15.5. The zero-order chi connectivity index (χ0) is 43.6. The first-order valence-electron chi connectivity index (χ1n) is 21.7. The lowest BCUT2D eigenvalue weighted by Gasteiger charge is -2.35. The van der Waals surface area contributed by atoms with Gasteiger partial charge in [-0.05, 0) is 68.8 Å². The third-order valence-electron chi connectivity index (χ3n) is 12.5. The molecule has 0 spiro atoms. The Morgan fingerprint density at radius 1 is 0.871 bits per heavy atom. The van der Waals surface area contributed by atoms with Gasteiger partial charge in [0, 0.05) is 42.9 Å². The molecule has 0 radical (unpaired) electrons. The molecule has 1 aromatic heterocycles. The van der Waals surface area contributed by atoms with Crippen LogP contribution in [0.4, 0.5) is 13.9 Å². The molecule has 62 heavy (non-hydrogen) atoms. The second-order valence-corrected chi connectivity index (χ2v) is 17.2. The highest BCUT2D eigenvalue weighted by atomic mass is 32.1. The number of Topliss-reactive ketones (excluding diaryl/α,β-unsaturated/α-hetero) is 1. The van der Waals surface area contributed by atoms with Crippen LogP contribution in [0.3, 0.4) is 0 Å². The molecule has 1 saturated carbocycles. The van der Waals surface area contributed by atoms with Crippen LogP contribution in [0.15, 0.2) is 78.2 Å². The molecule has 4 atom stereocenters. The van der Waals surface area contributed by atoms with Gasteiger partial charge in [-0.1, -0.05) is 79.9 Å². The molecule has 3 aliphatic rings. The number of rotatable bonds is 17. The van der Waals surface area contributed by atoms with E-state index < -0.39 is 60.0 Å². The molecule has 3 heterocycles. The number of anilines is 1. The van der Waals surface area contributed by atoms with Crippen LogP contribution in [-0.4, -0.2) is 98.1 Å². The van der Waals surface area contributed by atoms with Gasteiger partial charge in [0.2, 0.25) is 23.5 Å². The molecule has 15 heteroatoms. The van der Waals surface area contributed by atoms with Crippen LogP contribution in [-0.2, 0) is 23.9 Å². The Bertz CT molecular complexity index is 2110. The van der Waals surface area contributed by atoms with E-state index in [0.717, 1.165) is 49.3 Å². The van der Waals surface area contributed by atoms with Gasteiger partial charge >= 0.3 is 0 Å². The predicted octanol–water partition coefficient (Wildman–Crippen LogP) is 6.45. The number of likely N-dealkylation sites (tertiary alicyclic amines) is 1. The highest BCUT2D eigenvalue weighted by Crippen LogP contribution is 2.38. The molecule has 3 fully saturated rings. The Labute approximate surface area is 365 Å². The van der Waals surface area contributed by atoms with E-state index in [0.29, 0.717) is 56.5 Å². The Hall–Kier alpha value is -5.25. The fourth-order valence-corrected chi connectivity index (χ4v) is 9.85. The Morgan fingerprint density at radius 2 is 1.55 bits per heavy atom. The lowest BCUT2D eigenvalue weighted by Crippen LogP contribution is -2.57. The lowest BCUT2D eigenvalue weighted by atomic mass is 9.77. The van der Waals surface area contributed by atoms with Gasteiger partial charge in [0.05, 0.1) is 36.9 Å². The maximum absolute atomic E-state index is 15.5. The van der Waals surface area contributed by atoms with E-state index >= 15 is 4.39 Å². The molecule has 12 nitrogen and oxygen atoms in total. The van der Waals surface area contributed by atoms with Crippen molar-refractivity contribution in [2.24, 2.45) is 11.8 Å². The first kappa shape index (κ1) is 44.8. The van der Waals surface area contributed by atoms with Gasteiger partial charge in [-0.15, -0.1) is 11.3 Å². The molecule has 1 aliphatic carbocycles. The Balaban J connectivity index is 1.14. The van der Waals surface area contributed by atoms with Crippen molar-refractivity contribution in [3.05, 3.63) is 101 Å². The van der Waals surface area contributed by atoms with Crippen molar-refractivity contribution < 1.29 is 37.4 Å². The van der Waals surface area contributed by atoms with Crippen molar-refractivity contribution in [2.75, 3.05) is 51.5 Å². The number of aromatic nitrogens is 1. The fourth-order valence-electron chi connectivity index (χ4n) is 8.97. The molecule has 3 aromatic carbocycles. The average Bonchev–Trinajstić information content (AvgIpc) is 4.02. The minimum atomic E-state index is -1.22. The number of ether oxygens (including phenoxy) is 2. The summed E-state index contributed by atoms with van der Waals surface area (Å²) in [5, 5.41) is 11.2. The number of hydrogen-bond donors (Lipinski definition) is 3. The number of thiazole rings is 1. The van der Waals surface area contributed by atoms with E-state index in [1.807, 2.05) is 60.7 Å². The van der Waals surface area contributed by atoms with Gasteiger partial charge in [0.1, 0.15) is 6.04 Å². The number of nitrogens with one attached hydrogen (secondary N) is 3. The smallest absolute Gasteiger partial charge is 0.246 e. The van der Waals surface area contributed by atoms with Gasteiger partial charge in [-0.3, -0.25) is 19.2 Å². The number of carbonyl (C=O) groups is 4. The van der Waals surface area contributed by atoms with Crippen LogP contribution in [0.1, 0.15) is 75.3 Å². The highest BCUT2D eigenvalue weighted by molar-refractivity contribution is 7.14. The van der Waals surface area contributed by atoms with Crippen molar-refractivity contribution >= 4 is 40.0 Å². The minimum Gasteiger partial charge on any atom is -0.469 e. The molecule has 3 N–H and O–H groups in total. The Morgan fingerprint density at radius 3 is 2.21 bits per heavy atom. The summed E-state index contributed by atoms with van der Waals surface area (Å²) in [6, 6.07) is 19.2. The molecule has 3 amide bonds. The zero-order valence-electron chi connectivity index (χ0n) is 35.3. The second-order valence-electron chi connectivity index (χ2n) is 16.3. The first-order chi connectivity index (χ1) is 30.1. The summed E-state index contributed by atoms with van der Waals surface area (Å²) in [5.41, 5.74) is 2.21. The van der Waals surface area contributed by atoms with Crippen molar-refractivity contribution in [3.63, 3.8) is 0 Å². The van der Waals surface area contributed by atoms with E-state index in [1.165, 1.54) is 17.4 Å². The van der Waals surface area contributed by atoms with Crippen molar-refractivity contribution in [1.29, 1.82) is 0 Å². The number of ketones is 1. The molecule has 2 saturated heterocycles. The van der Waals surface area contributed by atoms with Crippen molar-refractivity contribution in [1.82, 2.24) is 25.8 Å². The fraction of sp³-hybridized carbons (Fsp3) is 0.468. The number of likely N-dealkylation sites (N-methyl/N-ethyl adjacent to an activating group) is 1. The number of halogens is 2. The third kappa shape index (κ3) is 10.5. The Kier molecular flexibility index (Phi) is 15.3. The van der Waals surface area contributed by atoms with Crippen LogP contribution in [0.5, 0.6) is 5.75 Å². The molecular weight excluding hydrogens is 815 g/mol. The van der Waals surface area contributed by atoms with Crippen molar-refractivity contribution in [2.45, 2.75) is 82.3 Å². The van der Waals surface area contributed by atoms with E-state index in [-0.39, 0.29) is 35.5 Å². The summed E-state index contributed by atoms with van der Waals surface area (Å²) in [7, 11) is 1.69. The average molecular weight is 871 g/mol.